The molecule has 1 aliphatic rings. The van der Waals surface area contributed by atoms with Gasteiger partial charge >= 0.3 is 11.8 Å². The first-order chi connectivity index (χ1) is 14.1. The lowest BCUT2D eigenvalue weighted by atomic mass is 9.99. The normalized spacial score (nSPS) is 15.9. The van der Waals surface area contributed by atoms with Crippen molar-refractivity contribution in [3.05, 3.63) is 60.1 Å². The van der Waals surface area contributed by atoms with Crippen molar-refractivity contribution >= 4 is 11.7 Å². The molecule has 2 aromatic heterocycles. The van der Waals surface area contributed by atoms with Gasteiger partial charge in [-0.1, -0.05) is 42.4 Å². The van der Waals surface area contributed by atoms with Gasteiger partial charge in [0.1, 0.15) is 5.82 Å². The second-order valence-electron chi connectivity index (χ2n) is 7.60. The molecule has 7 nitrogen and oxygen atoms in total. The van der Waals surface area contributed by atoms with Gasteiger partial charge in [0.15, 0.2) is 0 Å². The molecule has 150 valence electrons. The highest BCUT2D eigenvalue weighted by Gasteiger charge is 2.21. The van der Waals surface area contributed by atoms with Crippen LogP contribution in [0, 0.1) is 5.92 Å². The van der Waals surface area contributed by atoms with Crippen LogP contribution in [0.15, 0.2) is 53.2 Å². The summed E-state index contributed by atoms with van der Waals surface area (Å²) < 4.78 is 5.21. The zero-order valence-corrected chi connectivity index (χ0v) is 16.7. The van der Waals surface area contributed by atoms with Crippen LogP contribution in [0.25, 0.3) is 11.4 Å². The minimum absolute atomic E-state index is 0.0482. The van der Waals surface area contributed by atoms with Gasteiger partial charge < -0.3 is 14.7 Å². The number of anilines is 1. The lowest BCUT2D eigenvalue weighted by Gasteiger charge is -2.31. The Balaban J connectivity index is 1.46. The van der Waals surface area contributed by atoms with Crippen LogP contribution in [0.2, 0.25) is 0 Å². The third kappa shape index (κ3) is 4.45. The largest absolute Gasteiger partial charge is 0.357 e. The van der Waals surface area contributed by atoms with Crippen molar-refractivity contribution in [3.8, 4) is 11.4 Å². The van der Waals surface area contributed by atoms with Crippen molar-refractivity contribution in [2.24, 2.45) is 5.92 Å². The predicted octanol–water partition coefficient (Wildman–Crippen LogP) is 3.86. The predicted molar refractivity (Wildman–Crippen MR) is 110 cm³/mol. The molecule has 0 aliphatic carbocycles. The molecule has 1 aromatic carbocycles. The third-order valence-electron chi connectivity index (χ3n) is 5.38. The quantitative estimate of drug-likeness (QED) is 0.711. The fraction of sp³-hybridized carbons (Fsp3) is 0.364. The molecular weight excluding hydrogens is 366 g/mol. The maximum atomic E-state index is 12.5. The van der Waals surface area contributed by atoms with Crippen molar-refractivity contribution < 1.29 is 9.32 Å². The standard InChI is InChI=1S/C22H25N5O2/c1-15-9-12-27(13-10-15)19-14-18(8-11-23-19)20-25-22(29-26-20)21(28)24-16(2)17-6-4-3-5-7-17/h3-8,11,14-16H,9-10,12-13H2,1-2H3,(H,24,28)/t16-/m0/s1. The summed E-state index contributed by atoms with van der Waals surface area (Å²) in [6.07, 6.45) is 4.08. The van der Waals surface area contributed by atoms with Crippen molar-refractivity contribution in [3.63, 3.8) is 0 Å². The molecule has 0 radical (unpaired) electrons. The van der Waals surface area contributed by atoms with Crippen LogP contribution in [-0.4, -0.2) is 34.1 Å². The topological polar surface area (TPSA) is 84.2 Å². The number of aromatic nitrogens is 3. The Morgan fingerprint density at radius 1 is 1.21 bits per heavy atom. The van der Waals surface area contributed by atoms with E-state index in [1.54, 1.807) is 6.20 Å². The number of amides is 1. The van der Waals surface area contributed by atoms with Crippen LogP contribution in [0.3, 0.4) is 0 Å². The molecule has 1 N–H and O–H groups in total. The number of pyridine rings is 1. The Morgan fingerprint density at radius 3 is 2.72 bits per heavy atom. The monoisotopic (exact) mass is 391 g/mol. The maximum absolute atomic E-state index is 12.5. The van der Waals surface area contributed by atoms with Crippen LogP contribution < -0.4 is 10.2 Å². The minimum Gasteiger partial charge on any atom is -0.357 e. The summed E-state index contributed by atoms with van der Waals surface area (Å²) in [5, 5.41) is 6.88. The van der Waals surface area contributed by atoms with E-state index in [2.05, 4.69) is 32.3 Å². The Kier molecular flexibility index (Phi) is 5.55. The molecular formula is C22H25N5O2. The molecule has 0 bridgehead atoms. The van der Waals surface area contributed by atoms with Crippen molar-refractivity contribution in [1.82, 2.24) is 20.4 Å². The molecule has 0 spiro atoms. The van der Waals surface area contributed by atoms with Crippen LogP contribution in [0.4, 0.5) is 5.82 Å². The van der Waals surface area contributed by atoms with E-state index in [4.69, 9.17) is 4.52 Å². The van der Waals surface area contributed by atoms with E-state index >= 15 is 0 Å². The second-order valence-corrected chi connectivity index (χ2v) is 7.60. The molecule has 4 rings (SSSR count). The zero-order chi connectivity index (χ0) is 20.2. The van der Waals surface area contributed by atoms with E-state index in [-0.39, 0.29) is 17.8 Å². The molecule has 1 aliphatic heterocycles. The summed E-state index contributed by atoms with van der Waals surface area (Å²) in [5.41, 5.74) is 1.79. The summed E-state index contributed by atoms with van der Waals surface area (Å²) in [6, 6.07) is 13.4. The summed E-state index contributed by atoms with van der Waals surface area (Å²) >= 11 is 0. The van der Waals surface area contributed by atoms with Gasteiger partial charge in [0.25, 0.3) is 0 Å². The van der Waals surface area contributed by atoms with E-state index in [9.17, 15) is 4.79 Å². The smallest absolute Gasteiger partial charge is 0.316 e. The van der Waals surface area contributed by atoms with Crippen molar-refractivity contribution in [2.45, 2.75) is 32.7 Å². The molecule has 1 saturated heterocycles. The van der Waals surface area contributed by atoms with E-state index in [0.717, 1.165) is 48.8 Å². The van der Waals surface area contributed by atoms with E-state index in [1.165, 1.54) is 0 Å². The van der Waals surface area contributed by atoms with E-state index in [0.29, 0.717) is 5.82 Å². The number of hydrogen-bond donors (Lipinski definition) is 1. The van der Waals surface area contributed by atoms with E-state index < -0.39 is 0 Å². The molecule has 7 heteroatoms. The molecule has 1 fully saturated rings. The van der Waals surface area contributed by atoms with Crippen LogP contribution in [-0.2, 0) is 0 Å². The highest BCUT2D eigenvalue weighted by molar-refractivity contribution is 5.90. The maximum Gasteiger partial charge on any atom is 0.316 e. The number of carbonyl (C=O) groups excluding carboxylic acids is 1. The fourth-order valence-electron chi connectivity index (χ4n) is 3.48. The minimum atomic E-state index is -0.389. The summed E-state index contributed by atoms with van der Waals surface area (Å²) in [4.78, 5) is 23.5. The molecule has 29 heavy (non-hydrogen) atoms. The lowest BCUT2D eigenvalue weighted by Crippen LogP contribution is -2.33. The Bertz CT molecular complexity index is 964. The second kappa shape index (κ2) is 8.43. The van der Waals surface area contributed by atoms with Crippen LogP contribution in [0.1, 0.15) is 49.0 Å². The number of rotatable bonds is 5. The first-order valence-electron chi connectivity index (χ1n) is 10.0. The number of carbonyl (C=O) groups is 1. The number of nitrogens with zero attached hydrogens (tertiary/aromatic N) is 4. The molecule has 0 unspecified atom stereocenters. The van der Waals surface area contributed by atoms with Crippen LogP contribution >= 0.6 is 0 Å². The highest BCUT2D eigenvalue weighted by atomic mass is 16.5. The lowest BCUT2D eigenvalue weighted by molar-refractivity contribution is 0.0895. The van der Waals surface area contributed by atoms with E-state index in [1.807, 2.05) is 49.4 Å². The highest BCUT2D eigenvalue weighted by Crippen LogP contribution is 2.25. The summed E-state index contributed by atoms with van der Waals surface area (Å²) in [6.45, 7) is 6.19. The third-order valence-corrected chi connectivity index (χ3v) is 5.38. The average Bonchev–Trinajstić information content (AvgIpc) is 3.25. The van der Waals surface area contributed by atoms with Gasteiger partial charge in [-0.15, -0.1) is 0 Å². The van der Waals surface area contributed by atoms with Gasteiger partial charge in [0, 0.05) is 24.8 Å². The zero-order valence-electron chi connectivity index (χ0n) is 16.7. The SMILES string of the molecule is CC1CCN(c2cc(-c3noc(C(=O)N[C@@H](C)c4ccccc4)n3)ccn2)CC1. The molecule has 3 heterocycles. The van der Waals surface area contributed by atoms with Gasteiger partial charge in [0.2, 0.25) is 5.82 Å². The summed E-state index contributed by atoms with van der Waals surface area (Å²) in [7, 11) is 0. The number of piperidine rings is 1. The molecule has 1 atom stereocenters. The van der Waals surface area contributed by atoms with Gasteiger partial charge in [0.05, 0.1) is 6.04 Å². The number of hydrogen-bond acceptors (Lipinski definition) is 6. The number of benzene rings is 1. The van der Waals surface area contributed by atoms with Gasteiger partial charge in [-0.2, -0.15) is 4.98 Å². The van der Waals surface area contributed by atoms with Crippen molar-refractivity contribution in [1.29, 1.82) is 0 Å². The molecule has 1 amide bonds. The Labute approximate surface area is 170 Å². The van der Waals surface area contributed by atoms with Gasteiger partial charge in [-0.05, 0) is 43.4 Å². The van der Waals surface area contributed by atoms with Crippen molar-refractivity contribution in [2.75, 3.05) is 18.0 Å². The number of nitrogens with one attached hydrogen (secondary N) is 1. The fourth-order valence-corrected chi connectivity index (χ4v) is 3.48. The first kappa shape index (κ1) is 19.1. The van der Waals surface area contributed by atoms with Gasteiger partial charge in [-0.25, -0.2) is 4.98 Å². The first-order valence-corrected chi connectivity index (χ1v) is 10.0. The van der Waals surface area contributed by atoms with Gasteiger partial charge in [-0.3, -0.25) is 4.79 Å². The summed E-state index contributed by atoms with van der Waals surface area (Å²) in [5.74, 6) is 1.61. The molecule has 3 aromatic rings. The van der Waals surface area contributed by atoms with Crippen LogP contribution in [0.5, 0.6) is 0 Å². The Hall–Kier alpha value is -3.22. The molecule has 0 saturated carbocycles. The average molecular weight is 391 g/mol. The Morgan fingerprint density at radius 2 is 1.97 bits per heavy atom.